The summed E-state index contributed by atoms with van der Waals surface area (Å²) in [6.07, 6.45) is 2.24. The highest BCUT2D eigenvalue weighted by Gasteiger charge is 2.26. The number of hydrogen-bond donors (Lipinski definition) is 2. The molecule has 1 unspecified atom stereocenters. The van der Waals surface area contributed by atoms with Crippen LogP contribution in [0.5, 0.6) is 5.75 Å². The maximum atomic E-state index is 11.1. The third kappa shape index (κ3) is 3.43. The van der Waals surface area contributed by atoms with Crippen molar-refractivity contribution in [2.45, 2.75) is 6.10 Å². The maximum Gasteiger partial charge on any atom is 0.173 e. The lowest BCUT2D eigenvalue weighted by Gasteiger charge is -2.12. The van der Waals surface area contributed by atoms with Crippen molar-refractivity contribution in [2.75, 3.05) is 0 Å². The van der Waals surface area contributed by atoms with E-state index in [0.717, 1.165) is 0 Å². The maximum absolute atomic E-state index is 11.1. The molecule has 0 fully saturated rings. The number of phenols is 1. The first kappa shape index (κ1) is 17.3. The van der Waals surface area contributed by atoms with Crippen LogP contribution in [0.4, 0.5) is 0 Å². The van der Waals surface area contributed by atoms with E-state index in [1.54, 1.807) is 67.0 Å². The molecular formula is C21H15ClN2O3. The SMILES string of the molecule is Oc1ccc(-c2noc(-c3cccc(Cl)c3)c2C(O)c2cccnc2)cc1. The minimum Gasteiger partial charge on any atom is -0.508 e. The Morgan fingerprint density at radius 3 is 2.48 bits per heavy atom. The number of aromatic hydroxyl groups is 1. The summed E-state index contributed by atoms with van der Waals surface area (Å²) in [6, 6.07) is 17.3. The van der Waals surface area contributed by atoms with Crippen LogP contribution in [0.2, 0.25) is 5.02 Å². The molecule has 4 aromatic rings. The third-order valence-corrected chi connectivity index (χ3v) is 4.46. The number of aliphatic hydroxyl groups is 1. The van der Waals surface area contributed by atoms with E-state index in [2.05, 4.69) is 10.1 Å². The van der Waals surface area contributed by atoms with Gasteiger partial charge in [0.2, 0.25) is 0 Å². The van der Waals surface area contributed by atoms with Gasteiger partial charge in [0.15, 0.2) is 5.76 Å². The Bertz CT molecular complexity index is 1060. The van der Waals surface area contributed by atoms with Gasteiger partial charge >= 0.3 is 0 Å². The van der Waals surface area contributed by atoms with Gasteiger partial charge in [-0.15, -0.1) is 0 Å². The van der Waals surface area contributed by atoms with Crippen molar-refractivity contribution >= 4 is 11.6 Å². The van der Waals surface area contributed by atoms with Crippen LogP contribution in [0.15, 0.2) is 77.6 Å². The number of benzene rings is 2. The van der Waals surface area contributed by atoms with Gasteiger partial charge in [0.05, 0.1) is 5.56 Å². The number of aliphatic hydroxyl groups excluding tert-OH is 1. The van der Waals surface area contributed by atoms with Crippen LogP contribution in [0.3, 0.4) is 0 Å². The van der Waals surface area contributed by atoms with E-state index < -0.39 is 6.10 Å². The Balaban J connectivity index is 1.91. The van der Waals surface area contributed by atoms with Crippen LogP contribution >= 0.6 is 11.6 Å². The van der Waals surface area contributed by atoms with E-state index in [-0.39, 0.29) is 5.75 Å². The lowest BCUT2D eigenvalue weighted by Crippen LogP contribution is -2.02. The highest BCUT2D eigenvalue weighted by atomic mass is 35.5. The summed E-state index contributed by atoms with van der Waals surface area (Å²) in [7, 11) is 0. The predicted molar refractivity (Wildman–Crippen MR) is 102 cm³/mol. The molecule has 1 atom stereocenters. The average molecular weight is 379 g/mol. The Morgan fingerprint density at radius 2 is 1.78 bits per heavy atom. The second-order valence-corrected chi connectivity index (χ2v) is 6.46. The number of rotatable bonds is 4. The Hall–Kier alpha value is -3.15. The van der Waals surface area contributed by atoms with E-state index in [9.17, 15) is 10.2 Å². The largest absolute Gasteiger partial charge is 0.508 e. The molecule has 2 aromatic heterocycles. The van der Waals surface area contributed by atoms with E-state index in [4.69, 9.17) is 16.1 Å². The van der Waals surface area contributed by atoms with Crippen molar-refractivity contribution in [1.82, 2.24) is 10.1 Å². The van der Waals surface area contributed by atoms with Crippen LogP contribution in [-0.4, -0.2) is 20.4 Å². The average Bonchev–Trinajstić information content (AvgIpc) is 3.14. The Labute approximate surface area is 160 Å². The van der Waals surface area contributed by atoms with E-state index in [0.29, 0.717) is 38.7 Å². The van der Waals surface area contributed by atoms with Gasteiger partial charge < -0.3 is 14.7 Å². The summed E-state index contributed by atoms with van der Waals surface area (Å²) in [5.41, 5.74) is 3.03. The molecule has 0 saturated heterocycles. The van der Waals surface area contributed by atoms with E-state index in [1.807, 2.05) is 6.07 Å². The first-order valence-electron chi connectivity index (χ1n) is 8.26. The summed E-state index contributed by atoms with van der Waals surface area (Å²) >= 11 is 6.12. The highest BCUT2D eigenvalue weighted by Crippen LogP contribution is 2.39. The first-order valence-corrected chi connectivity index (χ1v) is 8.64. The summed E-state index contributed by atoms with van der Waals surface area (Å²) in [5, 5.41) is 25.4. The van der Waals surface area contributed by atoms with Gasteiger partial charge in [0.25, 0.3) is 0 Å². The van der Waals surface area contributed by atoms with Gasteiger partial charge in [0, 0.05) is 34.1 Å². The first-order chi connectivity index (χ1) is 13.1. The number of pyridine rings is 1. The zero-order valence-corrected chi connectivity index (χ0v) is 14.8. The summed E-state index contributed by atoms with van der Waals surface area (Å²) in [4.78, 5) is 4.08. The topological polar surface area (TPSA) is 79.4 Å². The standard InChI is InChI=1S/C21H15ClN2O3/c22-16-5-1-3-14(11-16)21-18(20(26)15-4-2-10-23-12-15)19(24-27-21)13-6-8-17(25)9-7-13/h1-12,20,25-26H. The highest BCUT2D eigenvalue weighted by molar-refractivity contribution is 6.30. The molecule has 0 aliphatic heterocycles. The Kier molecular flexibility index (Phi) is 4.62. The predicted octanol–water partition coefficient (Wildman–Crippen LogP) is 4.84. The monoisotopic (exact) mass is 378 g/mol. The number of halogens is 1. The normalized spacial score (nSPS) is 12.1. The van der Waals surface area contributed by atoms with Gasteiger partial charge in [-0.2, -0.15) is 0 Å². The molecule has 0 saturated carbocycles. The van der Waals surface area contributed by atoms with Crippen LogP contribution in [-0.2, 0) is 0 Å². The minimum atomic E-state index is -0.997. The molecular weight excluding hydrogens is 364 g/mol. The van der Waals surface area contributed by atoms with Crippen molar-refractivity contribution < 1.29 is 14.7 Å². The molecule has 134 valence electrons. The molecule has 4 rings (SSSR count). The molecule has 2 heterocycles. The summed E-state index contributed by atoms with van der Waals surface area (Å²) < 4.78 is 5.61. The second-order valence-electron chi connectivity index (χ2n) is 6.02. The molecule has 0 spiro atoms. The lowest BCUT2D eigenvalue weighted by molar-refractivity contribution is 0.220. The summed E-state index contributed by atoms with van der Waals surface area (Å²) in [6.45, 7) is 0. The van der Waals surface area contributed by atoms with Crippen molar-refractivity contribution in [3.63, 3.8) is 0 Å². The quantitative estimate of drug-likeness (QED) is 0.531. The third-order valence-electron chi connectivity index (χ3n) is 4.23. The number of nitrogens with zero attached hydrogens (tertiary/aromatic N) is 2. The summed E-state index contributed by atoms with van der Waals surface area (Å²) in [5.74, 6) is 0.573. The van der Waals surface area contributed by atoms with Crippen LogP contribution in [0, 0.1) is 0 Å². The second kappa shape index (κ2) is 7.23. The fraction of sp³-hybridized carbons (Fsp3) is 0.0476. The fourth-order valence-corrected chi connectivity index (χ4v) is 3.11. The van der Waals surface area contributed by atoms with Crippen LogP contribution < -0.4 is 0 Å². The van der Waals surface area contributed by atoms with Crippen molar-refractivity contribution in [3.05, 3.63) is 89.2 Å². The van der Waals surface area contributed by atoms with E-state index >= 15 is 0 Å². The minimum absolute atomic E-state index is 0.145. The molecule has 5 nitrogen and oxygen atoms in total. The van der Waals surface area contributed by atoms with Crippen LogP contribution in [0.25, 0.3) is 22.6 Å². The molecule has 0 aliphatic rings. The van der Waals surface area contributed by atoms with E-state index in [1.165, 1.54) is 0 Å². The van der Waals surface area contributed by atoms with Gasteiger partial charge in [-0.1, -0.05) is 35.0 Å². The van der Waals surface area contributed by atoms with Gasteiger partial charge in [-0.3, -0.25) is 4.98 Å². The van der Waals surface area contributed by atoms with Crippen LogP contribution in [0.1, 0.15) is 17.2 Å². The lowest BCUT2D eigenvalue weighted by atomic mass is 9.95. The van der Waals surface area contributed by atoms with Crippen molar-refractivity contribution in [3.8, 4) is 28.3 Å². The zero-order valence-electron chi connectivity index (χ0n) is 14.1. The molecule has 0 bridgehead atoms. The van der Waals surface area contributed by atoms with Gasteiger partial charge in [-0.05, 0) is 42.5 Å². The molecule has 2 N–H and O–H groups in total. The molecule has 0 aliphatic carbocycles. The number of aromatic nitrogens is 2. The fourth-order valence-electron chi connectivity index (χ4n) is 2.92. The number of hydrogen-bond acceptors (Lipinski definition) is 5. The smallest absolute Gasteiger partial charge is 0.173 e. The zero-order chi connectivity index (χ0) is 18.8. The molecule has 0 radical (unpaired) electrons. The molecule has 2 aromatic carbocycles. The number of phenolic OH excluding ortho intramolecular Hbond substituents is 1. The van der Waals surface area contributed by atoms with Crippen molar-refractivity contribution in [2.24, 2.45) is 0 Å². The van der Waals surface area contributed by atoms with Gasteiger partial charge in [-0.25, -0.2) is 0 Å². The molecule has 0 amide bonds. The Morgan fingerprint density at radius 1 is 0.963 bits per heavy atom. The molecule has 6 heteroatoms. The van der Waals surface area contributed by atoms with Gasteiger partial charge in [0.1, 0.15) is 17.5 Å². The van der Waals surface area contributed by atoms with Crippen molar-refractivity contribution in [1.29, 1.82) is 0 Å². The molecule has 27 heavy (non-hydrogen) atoms.